The molecule has 1 unspecified atom stereocenters. The van der Waals surface area contributed by atoms with Gasteiger partial charge in [0.05, 0.1) is 0 Å². The van der Waals surface area contributed by atoms with Crippen molar-refractivity contribution < 1.29 is 24.3 Å². The largest absolute Gasteiger partial charge is 0.477 e. The Hall–Kier alpha value is -2.60. The van der Waals surface area contributed by atoms with Gasteiger partial charge in [-0.05, 0) is 18.9 Å². The molecule has 3 rings (SSSR count). The molecule has 1 aromatic heterocycles. The smallest absolute Gasteiger partial charge is 0.352 e. The fraction of sp³-hybridized carbons (Fsp3) is 0.438. The lowest BCUT2D eigenvalue weighted by molar-refractivity contribution is -0.150. The maximum Gasteiger partial charge on any atom is 0.352 e. The number of carbonyl (C=O) groups is 3. The van der Waals surface area contributed by atoms with Gasteiger partial charge in [-0.2, -0.15) is 0 Å². The average Bonchev–Trinajstić information content (AvgIpc) is 3.08. The molecule has 1 fully saturated rings. The summed E-state index contributed by atoms with van der Waals surface area (Å²) < 4.78 is 0. The van der Waals surface area contributed by atoms with Crippen LogP contribution in [0.4, 0.5) is 5.13 Å². The van der Waals surface area contributed by atoms with Gasteiger partial charge in [0.15, 0.2) is 10.8 Å². The molecular formula is C16H19N5O5S2. The molecule has 2 aliphatic heterocycles. The first-order valence-corrected chi connectivity index (χ1v) is 10.4. The zero-order valence-corrected chi connectivity index (χ0v) is 16.8. The molecule has 10 nitrogen and oxygen atoms in total. The van der Waals surface area contributed by atoms with E-state index >= 15 is 0 Å². The summed E-state index contributed by atoms with van der Waals surface area (Å²) in [6.45, 7) is 3.89. The number of oxime groups is 1. The molecule has 2 atom stereocenters. The molecular weight excluding hydrogens is 406 g/mol. The number of carboxylic acids is 1. The van der Waals surface area contributed by atoms with Crippen molar-refractivity contribution >= 4 is 51.7 Å². The van der Waals surface area contributed by atoms with E-state index in [1.165, 1.54) is 16.7 Å². The number of amides is 2. The molecule has 3 heterocycles. The number of anilines is 1. The van der Waals surface area contributed by atoms with Crippen LogP contribution < -0.4 is 11.1 Å². The van der Waals surface area contributed by atoms with Crippen molar-refractivity contribution in [1.29, 1.82) is 0 Å². The number of rotatable bonds is 7. The number of carboxylic acid groups (broad SMARTS) is 1. The highest BCUT2D eigenvalue weighted by atomic mass is 32.2. The van der Waals surface area contributed by atoms with Crippen molar-refractivity contribution in [3.63, 3.8) is 0 Å². The van der Waals surface area contributed by atoms with Crippen molar-refractivity contribution in [2.75, 3.05) is 18.1 Å². The topological polar surface area (TPSA) is 147 Å². The number of thiazole rings is 1. The molecule has 1 aromatic rings. The number of carbonyl (C=O) groups excluding carboxylic acids is 2. The van der Waals surface area contributed by atoms with Gasteiger partial charge >= 0.3 is 5.97 Å². The highest BCUT2D eigenvalue weighted by Crippen LogP contribution is 2.40. The summed E-state index contributed by atoms with van der Waals surface area (Å²) in [6.07, 6.45) is 0.704. The van der Waals surface area contributed by atoms with Gasteiger partial charge in [0, 0.05) is 11.1 Å². The van der Waals surface area contributed by atoms with E-state index in [2.05, 4.69) is 15.5 Å². The molecule has 2 aliphatic rings. The van der Waals surface area contributed by atoms with Gasteiger partial charge in [0.1, 0.15) is 29.4 Å². The molecule has 0 spiro atoms. The minimum absolute atomic E-state index is 0.0216. The minimum Gasteiger partial charge on any atom is -0.477 e. The fourth-order valence-corrected chi connectivity index (χ4v) is 4.63. The Morgan fingerprint density at radius 1 is 1.54 bits per heavy atom. The van der Waals surface area contributed by atoms with Crippen molar-refractivity contribution in [3.05, 3.63) is 22.3 Å². The number of nitrogen functional groups attached to an aromatic ring is 1. The first-order valence-electron chi connectivity index (χ1n) is 8.45. The fourth-order valence-electron chi connectivity index (χ4n) is 2.79. The first-order chi connectivity index (χ1) is 13.3. The molecule has 0 saturated carbocycles. The SMILES string of the molecule is CCCON=C(C(=O)NC1C(=O)N2C(C(=O)O)=C(C)CS[C@@H]12)c1csc(N)n1. The van der Waals surface area contributed by atoms with E-state index in [1.807, 2.05) is 6.92 Å². The average molecular weight is 425 g/mol. The molecule has 0 bridgehead atoms. The van der Waals surface area contributed by atoms with Crippen LogP contribution in [0, 0.1) is 0 Å². The number of hydrogen-bond donors (Lipinski definition) is 3. The molecule has 4 N–H and O–H groups in total. The van der Waals surface area contributed by atoms with E-state index in [9.17, 15) is 19.5 Å². The first kappa shape index (κ1) is 20.1. The Morgan fingerprint density at radius 3 is 2.89 bits per heavy atom. The molecule has 12 heteroatoms. The zero-order valence-electron chi connectivity index (χ0n) is 15.2. The summed E-state index contributed by atoms with van der Waals surface area (Å²) in [7, 11) is 0. The van der Waals surface area contributed by atoms with Crippen LogP contribution in [0.15, 0.2) is 21.8 Å². The number of nitrogens with one attached hydrogen (secondary N) is 1. The van der Waals surface area contributed by atoms with E-state index in [0.717, 1.165) is 11.3 Å². The van der Waals surface area contributed by atoms with Crippen LogP contribution in [0.1, 0.15) is 26.0 Å². The van der Waals surface area contributed by atoms with E-state index in [1.54, 1.807) is 12.3 Å². The molecule has 0 aliphatic carbocycles. The predicted octanol–water partition coefficient (Wildman–Crippen LogP) is 0.615. The maximum atomic E-state index is 12.7. The Balaban J connectivity index is 1.77. The molecule has 28 heavy (non-hydrogen) atoms. The summed E-state index contributed by atoms with van der Waals surface area (Å²) >= 11 is 2.54. The van der Waals surface area contributed by atoms with E-state index in [4.69, 9.17) is 10.6 Å². The number of nitrogens with zero attached hydrogens (tertiary/aromatic N) is 3. The van der Waals surface area contributed by atoms with Crippen LogP contribution in [0.5, 0.6) is 0 Å². The van der Waals surface area contributed by atoms with E-state index < -0.39 is 29.2 Å². The second kappa shape index (κ2) is 8.19. The van der Waals surface area contributed by atoms with Crippen molar-refractivity contribution in [2.24, 2.45) is 5.16 Å². The Kier molecular flexibility index (Phi) is 5.89. The van der Waals surface area contributed by atoms with Crippen LogP contribution in [0.2, 0.25) is 0 Å². The highest BCUT2D eigenvalue weighted by Gasteiger charge is 2.54. The summed E-state index contributed by atoms with van der Waals surface area (Å²) in [5, 5.41) is 17.2. The standard InChI is InChI=1S/C16H19N5O5S2/c1-3-4-26-20-9(8-6-28-16(17)18-8)12(22)19-10-13(23)21-11(15(24)25)7(2)5-27-14(10)21/h6,10,14H,3-5H2,1-2H3,(H2,17,18)(H,19,22)(H,24,25)/t10?,14-/m0/s1. The van der Waals surface area contributed by atoms with E-state index in [0.29, 0.717) is 24.4 Å². The van der Waals surface area contributed by atoms with Crippen LogP contribution in [-0.2, 0) is 19.2 Å². The van der Waals surface area contributed by atoms with Crippen LogP contribution >= 0.6 is 23.1 Å². The van der Waals surface area contributed by atoms with Crippen LogP contribution in [-0.4, -0.2) is 62.3 Å². The lowest BCUT2D eigenvalue weighted by Gasteiger charge is -2.49. The number of hydrogen-bond acceptors (Lipinski definition) is 9. The maximum absolute atomic E-state index is 12.7. The van der Waals surface area contributed by atoms with Crippen LogP contribution in [0.3, 0.4) is 0 Å². The quantitative estimate of drug-likeness (QED) is 0.249. The Labute approximate surface area is 168 Å². The number of thioether (sulfide) groups is 1. The summed E-state index contributed by atoms with van der Waals surface area (Å²) in [4.78, 5) is 47.1. The van der Waals surface area contributed by atoms with Gasteiger partial charge in [0.2, 0.25) is 0 Å². The Morgan fingerprint density at radius 2 is 2.29 bits per heavy atom. The third-order valence-corrected chi connectivity index (χ3v) is 6.18. The predicted molar refractivity (Wildman–Crippen MR) is 105 cm³/mol. The molecule has 0 radical (unpaired) electrons. The lowest BCUT2D eigenvalue weighted by Crippen LogP contribution is -2.71. The number of nitrogens with two attached hydrogens (primary N) is 1. The summed E-state index contributed by atoms with van der Waals surface area (Å²) in [5.41, 5.74) is 6.38. The van der Waals surface area contributed by atoms with Crippen LogP contribution in [0.25, 0.3) is 0 Å². The van der Waals surface area contributed by atoms with Gasteiger partial charge in [-0.15, -0.1) is 23.1 Å². The number of fused-ring (bicyclic) bond motifs is 1. The number of aliphatic carboxylic acids is 1. The van der Waals surface area contributed by atoms with Crippen molar-refractivity contribution in [2.45, 2.75) is 31.7 Å². The highest BCUT2D eigenvalue weighted by molar-refractivity contribution is 8.00. The van der Waals surface area contributed by atoms with Gasteiger partial charge in [-0.1, -0.05) is 12.1 Å². The molecule has 0 aromatic carbocycles. The van der Waals surface area contributed by atoms with Gasteiger partial charge in [-0.25, -0.2) is 9.78 Å². The second-order valence-electron chi connectivity index (χ2n) is 6.14. The molecule has 150 valence electrons. The van der Waals surface area contributed by atoms with Crippen molar-refractivity contribution in [1.82, 2.24) is 15.2 Å². The van der Waals surface area contributed by atoms with Gasteiger partial charge < -0.3 is 21.0 Å². The molecule has 2 amide bonds. The third-order valence-electron chi connectivity index (χ3n) is 4.08. The van der Waals surface area contributed by atoms with Gasteiger partial charge in [-0.3, -0.25) is 14.5 Å². The normalized spacial score (nSPS) is 21.9. The molecule has 1 saturated heterocycles. The van der Waals surface area contributed by atoms with E-state index in [-0.39, 0.29) is 22.2 Å². The Bertz CT molecular complexity index is 881. The van der Waals surface area contributed by atoms with Crippen molar-refractivity contribution in [3.8, 4) is 0 Å². The second-order valence-corrected chi connectivity index (χ2v) is 8.13. The monoisotopic (exact) mass is 425 g/mol. The zero-order chi connectivity index (χ0) is 20.4. The lowest BCUT2D eigenvalue weighted by atomic mass is 10.0. The minimum atomic E-state index is -1.16. The van der Waals surface area contributed by atoms with Gasteiger partial charge in [0.25, 0.3) is 11.8 Å². The summed E-state index contributed by atoms with van der Waals surface area (Å²) in [5.74, 6) is -1.81. The number of β-lactam (4-membered cyclic amide) rings is 1. The third kappa shape index (κ3) is 3.69. The summed E-state index contributed by atoms with van der Waals surface area (Å²) in [6, 6.07) is -0.854. The number of aromatic nitrogens is 1.